The summed E-state index contributed by atoms with van der Waals surface area (Å²) in [5.74, 6) is 0. The molecule has 24 heavy (non-hydrogen) atoms. The summed E-state index contributed by atoms with van der Waals surface area (Å²) in [5, 5.41) is 14.3. The number of nitro groups is 1. The minimum absolute atomic E-state index is 0. The predicted octanol–water partition coefficient (Wildman–Crippen LogP) is 2.09. The van der Waals surface area contributed by atoms with E-state index >= 15 is 0 Å². The Morgan fingerprint density at radius 2 is 1.92 bits per heavy atom. The third-order valence-corrected chi connectivity index (χ3v) is 7.06. The van der Waals surface area contributed by atoms with Crippen molar-refractivity contribution in [2.24, 2.45) is 5.41 Å². The van der Waals surface area contributed by atoms with Crippen LogP contribution in [0.2, 0.25) is 0 Å². The molecule has 0 amide bonds. The van der Waals surface area contributed by atoms with E-state index in [2.05, 4.69) is 5.32 Å². The fraction of sp³-hybridized carbons (Fsp3) is 0.600. The minimum Gasteiger partial charge on any atom is -0.317 e. The van der Waals surface area contributed by atoms with Gasteiger partial charge in [0.05, 0.1) is 9.82 Å². The van der Waals surface area contributed by atoms with Crippen molar-refractivity contribution in [3.05, 3.63) is 33.9 Å². The van der Waals surface area contributed by atoms with Crippen LogP contribution in [0.5, 0.6) is 0 Å². The van der Waals surface area contributed by atoms with Crippen LogP contribution in [0.3, 0.4) is 0 Å². The predicted molar refractivity (Wildman–Crippen MR) is 93.0 cm³/mol. The summed E-state index contributed by atoms with van der Waals surface area (Å²) in [7, 11) is -3.69. The number of benzene rings is 1. The van der Waals surface area contributed by atoms with E-state index in [0.29, 0.717) is 18.7 Å². The SMILES string of the molecule is Cc1ccc([N+](=O)[O-])cc1S(=O)(=O)N1CCC2(CCNCC2)C1.Cl. The molecule has 134 valence electrons. The first-order chi connectivity index (χ1) is 10.8. The minimum atomic E-state index is -3.69. The molecule has 7 nitrogen and oxygen atoms in total. The van der Waals surface area contributed by atoms with Crippen molar-refractivity contribution in [3.8, 4) is 0 Å². The van der Waals surface area contributed by atoms with Crippen molar-refractivity contribution >= 4 is 28.1 Å². The summed E-state index contributed by atoms with van der Waals surface area (Å²) in [5.41, 5.74) is 0.416. The van der Waals surface area contributed by atoms with Crippen molar-refractivity contribution in [1.82, 2.24) is 9.62 Å². The van der Waals surface area contributed by atoms with Gasteiger partial charge < -0.3 is 5.32 Å². The molecular weight excluding hydrogens is 354 g/mol. The van der Waals surface area contributed by atoms with Gasteiger partial charge in [0.1, 0.15) is 0 Å². The molecule has 0 unspecified atom stereocenters. The number of nitrogens with one attached hydrogen (secondary N) is 1. The van der Waals surface area contributed by atoms with Gasteiger partial charge in [0.2, 0.25) is 10.0 Å². The summed E-state index contributed by atoms with van der Waals surface area (Å²) in [6, 6.07) is 4.02. The third-order valence-electron chi connectivity index (χ3n) is 5.07. The molecule has 1 N–H and O–H groups in total. The number of nitro benzene ring substituents is 1. The molecule has 2 fully saturated rings. The average molecular weight is 376 g/mol. The Morgan fingerprint density at radius 3 is 2.54 bits per heavy atom. The summed E-state index contributed by atoms with van der Waals surface area (Å²) in [4.78, 5) is 10.4. The second-order valence-corrected chi connectivity index (χ2v) is 8.45. The summed E-state index contributed by atoms with van der Waals surface area (Å²) in [6.45, 7) is 4.52. The van der Waals surface area contributed by atoms with E-state index in [-0.39, 0.29) is 28.4 Å². The highest BCUT2D eigenvalue weighted by molar-refractivity contribution is 7.89. The molecule has 0 saturated carbocycles. The van der Waals surface area contributed by atoms with E-state index in [0.717, 1.165) is 32.4 Å². The first-order valence-corrected chi connectivity index (χ1v) is 9.24. The van der Waals surface area contributed by atoms with Gasteiger partial charge in [-0.25, -0.2) is 8.42 Å². The smallest absolute Gasteiger partial charge is 0.270 e. The molecular formula is C15H22ClN3O4S. The molecule has 2 saturated heterocycles. The lowest BCUT2D eigenvalue weighted by atomic mass is 9.78. The first kappa shape index (κ1) is 19.1. The topological polar surface area (TPSA) is 92.5 Å². The lowest BCUT2D eigenvalue weighted by molar-refractivity contribution is -0.385. The van der Waals surface area contributed by atoms with Gasteiger partial charge in [0, 0.05) is 25.2 Å². The average Bonchev–Trinajstić information content (AvgIpc) is 2.92. The fourth-order valence-corrected chi connectivity index (χ4v) is 5.38. The highest BCUT2D eigenvalue weighted by atomic mass is 35.5. The van der Waals surface area contributed by atoms with E-state index < -0.39 is 14.9 Å². The van der Waals surface area contributed by atoms with Crippen molar-refractivity contribution in [2.75, 3.05) is 26.2 Å². The number of hydrogen-bond donors (Lipinski definition) is 1. The Kier molecular flexibility index (Phi) is 5.54. The maximum atomic E-state index is 12.9. The van der Waals surface area contributed by atoms with Crippen LogP contribution in [0.4, 0.5) is 5.69 Å². The Hall–Kier alpha value is -1.22. The maximum absolute atomic E-state index is 12.9. The molecule has 0 aliphatic carbocycles. The number of hydrogen-bond acceptors (Lipinski definition) is 5. The van der Waals surface area contributed by atoms with Gasteiger partial charge in [-0.2, -0.15) is 4.31 Å². The number of piperidine rings is 1. The number of halogens is 1. The molecule has 2 heterocycles. The van der Waals surface area contributed by atoms with E-state index in [9.17, 15) is 18.5 Å². The van der Waals surface area contributed by atoms with Crippen molar-refractivity contribution < 1.29 is 13.3 Å². The molecule has 0 aromatic heterocycles. The zero-order valence-electron chi connectivity index (χ0n) is 13.5. The van der Waals surface area contributed by atoms with Gasteiger partial charge in [-0.3, -0.25) is 10.1 Å². The Morgan fingerprint density at radius 1 is 1.25 bits per heavy atom. The molecule has 9 heteroatoms. The molecule has 3 rings (SSSR count). The van der Waals surface area contributed by atoms with Crippen LogP contribution in [0.15, 0.2) is 23.1 Å². The van der Waals surface area contributed by atoms with Gasteiger partial charge >= 0.3 is 0 Å². The van der Waals surface area contributed by atoms with Crippen LogP contribution in [0, 0.1) is 22.5 Å². The molecule has 2 aliphatic heterocycles. The van der Waals surface area contributed by atoms with Crippen LogP contribution in [0.25, 0.3) is 0 Å². The molecule has 0 atom stereocenters. The molecule has 0 bridgehead atoms. The van der Waals surface area contributed by atoms with Crippen LogP contribution < -0.4 is 5.32 Å². The Bertz CT molecular complexity index is 732. The summed E-state index contributed by atoms with van der Waals surface area (Å²) in [6.07, 6.45) is 2.82. The van der Waals surface area contributed by atoms with Crippen LogP contribution in [0.1, 0.15) is 24.8 Å². The number of sulfonamides is 1. The molecule has 1 spiro atoms. The zero-order valence-corrected chi connectivity index (χ0v) is 15.2. The van der Waals surface area contributed by atoms with Crippen molar-refractivity contribution in [2.45, 2.75) is 31.1 Å². The lowest BCUT2D eigenvalue weighted by Gasteiger charge is -2.33. The second kappa shape index (κ2) is 6.95. The number of aryl methyl sites for hydroxylation is 1. The van der Waals surface area contributed by atoms with E-state index in [1.807, 2.05) is 0 Å². The molecule has 1 aromatic rings. The van der Waals surface area contributed by atoms with Gasteiger partial charge in [-0.05, 0) is 50.3 Å². The van der Waals surface area contributed by atoms with Crippen LogP contribution in [-0.4, -0.2) is 43.8 Å². The fourth-order valence-electron chi connectivity index (χ4n) is 3.58. The van der Waals surface area contributed by atoms with Gasteiger partial charge in [-0.1, -0.05) is 6.07 Å². The van der Waals surface area contributed by atoms with E-state index in [1.165, 1.54) is 22.5 Å². The van der Waals surface area contributed by atoms with Gasteiger partial charge in [0.25, 0.3) is 5.69 Å². The van der Waals surface area contributed by atoms with E-state index in [1.54, 1.807) is 6.92 Å². The summed E-state index contributed by atoms with van der Waals surface area (Å²) >= 11 is 0. The quantitative estimate of drug-likeness (QED) is 0.645. The normalized spacial score (nSPS) is 20.7. The second-order valence-electron chi connectivity index (χ2n) is 6.55. The first-order valence-electron chi connectivity index (χ1n) is 7.80. The van der Waals surface area contributed by atoms with Crippen molar-refractivity contribution in [3.63, 3.8) is 0 Å². The number of rotatable bonds is 3. The molecule has 1 aromatic carbocycles. The van der Waals surface area contributed by atoms with Gasteiger partial charge in [-0.15, -0.1) is 12.4 Å². The van der Waals surface area contributed by atoms with Crippen LogP contribution >= 0.6 is 12.4 Å². The third kappa shape index (κ3) is 3.42. The largest absolute Gasteiger partial charge is 0.317 e. The number of non-ortho nitro benzene ring substituents is 1. The maximum Gasteiger partial charge on any atom is 0.270 e. The number of nitrogens with zero attached hydrogens (tertiary/aromatic N) is 2. The lowest BCUT2D eigenvalue weighted by Crippen LogP contribution is -2.39. The van der Waals surface area contributed by atoms with Crippen molar-refractivity contribution in [1.29, 1.82) is 0 Å². The standard InChI is InChI=1S/C15H21N3O4S.ClH/c1-12-2-3-13(18(19)20)10-14(12)23(21,22)17-9-6-15(11-17)4-7-16-8-5-15;/h2-3,10,16H,4-9,11H2,1H3;1H. The molecule has 2 aliphatic rings. The Balaban J connectivity index is 0.00000208. The van der Waals surface area contributed by atoms with E-state index in [4.69, 9.17) is 0 Å². The highest BCUT2D eigenvalue weighted by Gasteiger charge is 2.43. The van der Waals surface area contributed by atoms with Gasteiger partial charge in [0.15, 0.2) is 0 Å². The van der Waals surface area contributed by atoms with Crippen LogP contribution in [-0.2, 0) is 10.0 Å². The Labute approximate surface area is 148 Å². The zero-order chi connectivity index (χ0) is 16.7. The monoisotopic (exact) mass is 375 g/mol. The highest BCUT2D eigenvalue weighted by Crippen LogP contribution is 2.41. The molecule has 0 radical (unpaired) electrons. The summed E-state index contributed by atoms with van der Waals surface area (Å²) < 4.78 is 27.4.